The molecule has 2 aromatic heterocycles. The Morgan fingerprint density at radius 3 is 2.50 bits per heavy atom. The number of hydrogen-bond acceptors (Lipinski definition) is 8. The van der Waals surface area contributed by atoms with Crippen LogP contribution in [0, 0.1) is 6.92 Å². The van der Waals surface area contributed by atoms with E-state index in [4.69, 9.17) is 4.42 Å². The van der Waals surface area contributed by atoms with Gasteiger partial charge in [-0.2, -0.15) is 4.98 Å². The molecule has 1 aliphatic heterocycles. The van der Waals surface area contributed by atoms with Gasteiger partial charge in [-0.3, -0.25) is 0 Å². The van der Waals surface area contributed by atoms with E-state index in [0.717, 1.165) is 37.9 Å². The summed E-state index contributed by atoms with van der Waals surface area (Å²) in [6, 6.07) is 5.79. The van der Waals surface area contributed by atoms with E-state index in [9.17, 15) is 13.2 Å². The highest BCUT2D eigenvalue weighted by Crippen LogP contribution is 2.68. The predicted molar refractivity (Wildman–Crippen MR) is 106 cm³/mol. The Hall–Kier alpha value is -3.31. The van der Waals surface area contributed by atoms with E-state index < -0.39 is 6.36 Å². The third-order valence-corrected chi connectivity index (χ3v) is 6.41. The lowest BCUT2D eigenvalue weighted by atomic mass is 9.39. The maximum atomic E-state index is 12.4. The number of hydrogen-bond donors (Lipinski definition) is 1. The van der Waals surface area contributed by atoms with E-state index in [1.807, 2.05) is 9.58 Å². The van der Waals surface area contributed by atoms with Crippen molar-refractivity contribution in [3.8, 4) is 5.75 Å². The maximum Gasteiger partial charge on any atom is 0.573 e. The second kappa shape index (κ2) is 6.36. The highest BCUT2D eigenvalue weighted by atomic mass is 19.4. The van der Waals surface area contributed by atoms with Crippen LogP contribution in [0.5, 0.6) is 5.75 Å². The number of nitrogens with one attached hydrogen (secondary N) is 1. The van der Waals surface area contributed by atoms with Crippen LogP contribution in [-0.4, -0.2) is 43.4 Å². The van der Waals surface area contributed by atoms with Crippen LogP contribution in [0.15, 0.2) is 28.7 Å². The van der Waals surface area contributed by atoms with Crippen LogP contribution in [0.2, 0.25) is 0 Å². The summed E-state index contributed by atoms with van der Waals surface area (Å²) in [5.74, 6) is 2.25. The van der Waals surface area contributed by atoms with Crippen molar-refractivity contribution >= 4 is 17.6 Å². The SMILES string of the molecule is Cc1nnc(C23CC(Nc4nc5n(n4)CCCN5c4ccc(OC(F)(F)F)cc4)(C2)C3)o1. The smallest absolute Gasteiger partial charge is 0.425 e. The highest BCUT2D eigenvalue weighted by Gasteiger charge is 2.71. The summed E-state index contributed by atoms with van der Waals surface area (Å²) in [6.45, 7) is 3.22. The Bertz CT molecular complexity index is 1150. The van der Waals surface area contributed by atoms with Gasteiger partial charge < -0.3 is 19.4 Å². The van der Waals surface area contributed by atoms with Gasteiger partial charge in [-0.05, 0) is 49.9 Å². The lowest BCUT2D eigenvalue weighted by molar-refractivity contribution is -0.274. The molecule has 0 amide bonds. The number of anilines is 3. The molecule has 168 valence electrons. The molecule has 0 radical (unpaired) electrons. The second-order valence-electron chi connectivity index (χ2n) is 8.85. The standard InChI is InChI=1S/C20H20F3N7O2/c1-12-26-27-15(31-12)18-9-19(10-18,11-18)25-16-24-17-29(7-2-8-30(17)28-16)13-3-5-14(6-4-13)32-20(21,22)23/h3-6H,2,7-11H2,1H3,(H,25,28). The molecule has 3 fully saturated rings. The molecule has 32 heavy (non-hydrogen) atoms. The summed E-state index contributed by atoms with van der Waals surface area (Å²) in [4.78, 5) is 6.63. The first-order chi connectivity index (χ1) is 15.2. The molecule has 1 N–H and O–H groups in total. The molecule has 1 aromatic carbocycles. The van der Waals surface area contributed by atoms with Gasteiger partial charge in [0.15, 0.2) is 0 Å². The van der Waals surface area contributed by atoms with Crippen molar-refractivity contribution in [2.75, 3.05) is 16.8 Å². The minimum Gasteiger partial charge on any atom is -0.425 e. The van der Waals surface area contributed by atoms with Gasteiger partial charge in [0.2, 0.25) is 23.7 Å². The molecular weight excluding hydrogens is 427 g/mol. The highest BCUT2D eigenvalue weighted by molar-refractivity contribution is 5.60. The molecule has 4 aliphatic rings. The number of nitrogens with zero attached hydrogens (tertiary/aromatic N) is 6. The zero-order valence-electron chi connectivity index (χ0n) is 17.2. The van der Waals surface area contributed by atoms with E-state index in [2.05, 4.69) is 30.3 Å². The second-order valence-corrected chi connectivity index (χ2v) is 8.85. The van der Waals surface area contributed by atoms with E-state index >= 15 is 0 Å². The molecule has 3 saturated carbocycles. The average molecular weight is 447 g/mol. The molecule has 3 aromatic rings. The molecule has 9 nitrogen and oxygen atoms in total. The fourth-order valence-corrected chi connectivity index (χ4v) is 5.18. The third kappa shape index (κ3) is 3.07. The van der Waals surface area contributed by atoms with Gasteiger partial charge in [0.1, 0.15) is 5.75 Å². The topological polar surface area (TPSA) is 94.1 Å². The Balaban J connectivity index is 1.17. The van der Waals surface area contributed by atoms with Crippen LogP contribution >= 0.6 is 0 Å². The van der Waals surface area contributed by atoms with E-state index in [1.165, 1.54) is 12.1 Å². The molecule has 0 unspecified atom stereocenters. The number of ether oxygens (including phenoxy) is 1. The molecular formula is C20H20F3N7O2. The van der Waals surface area contributed by atoms with Gasteiger partial charge in [-0.25, -0.2) is 4.68 Å². The van der Waals surface area contributed by atoms with Crippen molar-refractivity contribution < 1.29 is 22.3 Å². The number of fused-ring (bicyclic) bond motifs is 1. The first-order valence-electron chi connectivity index (χ1n) is 10.4. The minimum absolute atomic E-state index is 0.0279. The summed E-state index contributed by atoms with van der Waals surface area (Å²) < 4.78 is 48.7. The molecule has 7 rings (SSSR count). The number of halogens is 3. The number of benzene rings is 1. The minimum atomic E-state index is -4.71. The maximum absolute atomic E-state index is 12.4. The Morgan fingerprint density at radius 1 is 1.09 bits per heavy atom. The van der Waals surface area contributed by atoms with Gasteiger partial charge in [0.25, 0.3) is 0 Å². The van der Waals surface area contributed by atoms with Crippen molar-refractivity contribution in [3.05, 3.63) is 36.0 Å². The zero-order valence-corrected chi connectivity index (χ0v) is 17.2. The number of aryl methyl sites for hydroxylation is 2. The largest absolute Gasteiger partial charge is 0.573 e. The first-order valence-corrected chi connectivity index (χ1v) is 10.4. The Kier molecular flexibility index (Phi) is 3.85. The quantitative estimate of drug-likeness (QED) is 0.633. The summed E-state index contributed by atoms with van der Waals surface area (Å²) in [5.41, 5.74) is 0.650. The fraction of sp³-hybridized carbons (Fsp3) is 0.500. The van der Waals surface area contributed by atoms with Gasteiger partial charge >= 0.3 is 6.36 Å². The Morgan fingerprint density at radius 2 is 1.84 bits per heavy atom. The van der Waals surface area contributed by atoms with Crippen molar-refractivity contribution in [1.82, 2.24) is 25.0 Å². The summed E-state index contributed by atoms with van der Waals surface area (Å²) in [6.07, 6.45) is -1.17. The van der Waals surface area contributed by atoms with Gasteiger partial charge in [0, 0.05) is 31.2 Å². The molecule has 2 bridgehead atoms. The van der Waals surface area contributed by atoms with Crippen molar-refractivity contribution in [2.24, 2.45) is 0 Å². The van der Waals surface area contributed by atoms with Crippen LogP contribution in [0.1, 0.15) is 37.5 Å². The molecule has 0 atom stereocenters. The normalized spacial score (nSPS) is 26.2. The number of alkyl halides is 3. The van der Waals surface area contributed by atoms with Gasteiger partial charge in [0.05, 0.1) is 5.41 Å². The first kappa shape index (κ1) is 19.4. The summed E-state index contributed by atoms with van der Waals surface area (Å²) in [7, 11) is 0. The van der Waals surface area contributed by atoms with Crippen LogP contribution < -0.4 is 15.0 Å². The zero-order chi connectivity index (χ0) is 22.1. The summed E-state index contributed by atoms with van der Waals surface area (Å²) >= 11 is 0. The van der Waals surface area contributed by atoms with E-state index in [1.54, 1.807) is 19.1 Å². The van der Waals surface area contributed by atoms with E-state index in [-0.39, 0.29) is 16.7 Å². The Labute approximate surface area is 180 Å². The van der Waals surface area contributed by atoms with Crippen LogP contribution in [0.3, 0.4) is 0 Å². The lowest BCUT2D eigenvalue weighted by Gasteiger charge is -2.68. The van der Waals surface area contributed by atoms with Crippen molar-refractivity contribution in [1.29, 1.82) is 0 Å². The van der Waals surface area contributed by atoms with Crippen LogP contribution in [0.25, 0.3) is 0 Å². The predicted octanol–water partition coefficient (Wildman–Crippen LogP) is 3.70. The lowest BCUT2D eigenvalue weighted by Crippen LogP contribution is -2.73. The molecule has 0 saturated heterocycles. The monoisotopic (exact) mass is 447 g/mol. The molecule has 3 heterocycles. The van der Waals surface area contributed by atoms with Crippen molar-refractivity contribution in [3.63, 3.8) is 0 Å². The van der Waals surface area contributed by atoms with E-state index in [0.29, 0.717) is 30.2 Å². The number of rotatable bonds is 5. The van der Waals surface area contributed by atoms with Crippen LogP contribution in [0.4, 0.5) is 30.8 Å². The molecule has 0 spiro atoms. The van der Waals surface area contributed by atoms with Crippen LogP contribution in [-0.2, 0) is 12.0 Å². The third-order valence-electron chi connectivity index (χ3n) is 6.41. The average Bonchev–Trinajstić information content (AvgIpc) is 3.28. The van der Waals surface area contributed by atoms with Gasteiger partial charge in [-0.15, -0.1) is 28.5 Å². The molecule has 12 heteroatoms. The summed E-state index contributed by atoms with van der Waals surface area (Å²) in [5, 5.41) is 16.2. The van der Waals surface area contributed by atoms with Gasteiger partial charge in [-0.1, -0.05) is 0 Å². The van der Waals surface area contributed by atoms with Crippen molar-refractivity contribution in [2.45, 2.75) is 56.5 Å². The number of aromatic nitrogens is 5. The fourth-order valence-electron chi connectivity index (χ4n) is 5.18. The molecule has 3 aliphatic carbocycles.